The van der Waals surface area contributed by atoms with Crippen molar-refractivity contribution in [2.24, 2.45) is 0 Å². The summed E-state index contributed by atoms with van der Waals surface area (Å²) in [5.74, 6) is -0.420. The van der Waals surface area contributed by atoms with Gasteiger partial charge in [-0.2, -0.15) is 8.42 Å². The van der Waals surface area contributed by atoms with Gasteiger partial charge in [-0.1, -0.05) is 13.3 Å². The molecule has 4 N–H and O–H groups in total. The number of rotatable bonds is 5. The number of nitrogen functional groups attached to an aromatic ring is 1. The number of unbranched alkanes of at least 4 members (excludes halogenated alkanes) is 1. The van der Waals surface area contributed by atoms with Gasteiger partial charge in [-0.3, -0.25) is 9.35 Å². The van der Waals surface area contributed by atoms with Gasteiger partial charge in [0.15, 0.2) is 0 Å². The minimum Gasteiger partial charge on any atom is -0.398 e. The molecule has 7 heteroatoms. The fourth-order valence-electron chi connectivity index (χ4n) is 1.84. The van der Waals surface area contributed by atoms with E-state index in [1.807, 2.05) is 6.92 Å². The van der Waals surface area contributed by atoms with Gasteiger partial charge < -0.3 is 11.1 Å². The Balaban J connectivity index is 3.46. The van der Waals surface area contributed by atoms with Crippen LogP contribution in [-0.2, 0) is 21.3 Å². The molecule has 19 heavy (non-hydrogen) atoms. The van der Waals surface area contributed by atoms with Gasteiger partial charge in [0.2, 0.25) is 5.91 Å². The monoisotopic (exact) mass is 286 g/mol. The zero-order valence-electron chi connectivity index (χ0n) is 10.9. The molecule has 106 valence electrons. The molecule has 1 rings (SSSR count). The number of amides is 1. The van der Waals surface area contributed by atoms with Crippen molar-refractivity contribution in [1.82, 2.24) is 0 Å². The molecular weight excluding hydrogens is 268 g/mol. The van der Waals surface area contributed by atoms with Crippen LogP contribution in [0.25, 0.3) is 0 Å². The van der Waals surface area contributed by atoms with Crippen LogP contribution in [0.3, 0.4) is 0 Å². The van der Waals surface area contributed by atoms with Crippen molar-refractivity contribution in [3.05, 3.63) is 17.7 Å². The van der Waals surface area contributed by atoms with Crippen LogP contribution in [0.1, 0.15) is 32.3 Å². The summed E-state index contributed by atoms with van der Waals surface area (Å²) in [5.41, 5.74) is 6.45. The minimum atomic E-state index is -4.46. The first-order valence-electron chi connectivity index (χ1n) is 5.93. The number of hydrogen-bond acceptors (Lipinski definition) is 4. The highest BCUT2D eigenvalue weighted by Gasteiger charge is 2.22. The summed E-state index contributed by atoms with van der Waals surface area (Å²) in [5, 5.41) is 2.39. The standard InChI is InChI=1S/C12H18N2O4S/c1-3-4-5-9-10(13)6-7-11(14-8(2)15)12(9)19(16,17)18/h6-7H,3-5,13H2,1-2H3,(H,14,15)(H,16,17,18). The van der Waals surface area contributed by atoms with Crippen LogP contribution in [0.5, 0.6) is 0 Å². The van der Waals surface area contributed by atoms with Crippen molar-refractivity contribution in [2.45, 2.75) is 38.0 Å². The fourth-order valence-corrected chi connectivity index (χ4v) is 2.77. The summed E-state index contributed by atoms with van der Waals surface area (Å²) in [6, 6.07) is 2.89. The van der Waals surface area contributed by atoms with Gasteiger partial charge >= 0.3 is 0 Å². The van der Waals surface area contributed by atoms with E-state index >= 15 is 0 Å². The molecule has 0 spiro atoms. The predicted octanol–water partition coefficient (Wildman–Crippen LogP) is 1.82. The lowest BCUT2D eigenvalue weighted by atomic mass is 10.1. The Hall–Kier alpha value is -1.60. The maximum atomic E-state index is 11.5. The second-order valence-electron chi connectivity index (χ2n) is 4.27. The molecule has 0 fully saturated rings. The Morgan fingerprint density at radius 1 is 1.42 bits per heavy atom. The van der Waals surface area contributed by atoms with Crippen molar-refractivity contribution in [3.8, 4) is 0 Å². The molecule has 0 atom stereocenters. The Bertz CT molecular complexity index is 582. The van der Waals surface area contributed by atoms with Gasteiger partial charge in [0.05, 0.1) is 5.69 Å². The molecule has 1 aromatic rings. The number of hydrogen-bond donors (Lipinski definition) is 3. The summed E-state index contributed by atoms with van der Waals surface area (Å²) in [6.45, 7) is 3.22. The van der Waals surface area contributed by atoms with Crippen molar-refractivity contribution in [3.63, 3.8) is 0 Å². The third-order valence-electron chi connectivity index (χ3n) is 2.65. The average molecular weight is 286 g/mol. The number of benzene rings is 1. The third kappa shape index (κ3) is 3.93. The Labute approximate surface area is 112 Å². The summed E-state index contributed by atoms with van der Waals surface area (Å²) in [4.78, 5) is 10.8. The first kappa shape index (κ1) is 15.5. The highest BCUT2D eigenvalue weighted by molar-refractivity contribution is 7.86. The highest BCUT2D eigenvalue weighted by atomic mass is 32.2. The zero-order chi connectivity index (χ0) is 14.6. The number of carbonyl (C=O) groups excluding carboxylic acids is 1. The van der Waals surface area contributed by atoms with E-state index in [2.05, 4.69) is 5.32 Å². The molecule has 0 unspecified atom stereocenters. The number of nitrogens with one attached hydrogen (secondary N) is 1. The number of carbonyl (C=O) groups is 1. The van der Waals surface area contributed by atoms with Crippen LogP contribution >= 0.6 is 0 Å². The van der Waals surface area contributed by atoms with Crippen molar-refractivity contribution in [2.75, 3.05) is 11.1 Å². The van der Waals surface area contributed by atoms with Gasteiger partial charge in [-0.05, 0) is 30.5 Å². The Kier molecular flexibility index (Phi) is 4.90. The summed E-state index contributed by atoms with van der Waals surface area (Å²) in [7, 11) is -4.46. The maximum Gasteiger partial charge on any atom is 0.296 e. The van der Waals surface area contributed by atoms with E-state index < -0.39 is 16.0 Å². The molecule has 0 radical (unpaired) electrons. The van der Waals surface area contributed by atoms with E-state index in [4.69, 9.17) is 5.73 Å². The molecule has 6 nitrogen and oxygen atoms in total. The van der Waals surface area contributed by atoms with Crippen LogP contribution in [0.2, 0.25) is 0 Å². The van der Waals surface area contributed by atoms with Gasteiger partial charge in [0.1, 0.15) is 4.90 Å². The molecule has 0 saturated heterocycles. The van der Waals surface area contributed by atoms with E-state index in [0.717, 1.165) is 12.8 Å². The smallest absolute Gasteiger partial charge is 0.296 e. The predicted molar refractivity (Wildman–Crippen MR) is 73.6 cm³/mol. The molecule has 0 aliphatic carbocycles. The lowest BCUT2D eigenvalue weighted by Gasteiger charge is -2.15. The molecule has 1 amide bonds. The van der Waals surface area contributed by atoms with E-state index in [9.17, 15) is 17.8 Å². The lowest BCUT2D eigenvalue weighted by molar-refractivity contribution is -0.114. The van der Waals surface area contributed by atoms with Crippen LogP contribution in [0.4, 0.5) is 11.4 Å². The number of anilines is 2. The van der Waals surface area contributed by atoms with Gasteiger partial charge in [-0.25, -0.2) is 0 Å². The first-order chi connectivity index (χ1) is 8.77. The molecule has 0 saturated carbocycles. The van der Waals surface area contributed by atoms with Crippen molar-refractivity contribution < 1.29 is 17.8 Å². The molecule has 0 aliphatic heterocycles. The Morgan fingerprint density at radius 3 is 2.53 bits per heavy atom. The first-order valence-corrected chi connectivity index (χ1v) is 7.37. The SMILES string of the molecule is CCCCc1c(N)ccc(NC(C)=O)c1S(=O)(=O)O. The van der Waals surface area contributed by atoms with Gasteiger partial charge in [-0.15, -0.1) is 0 Å². The second kappa shape index (κ2) is 6.03. The van der Waals surface area contributed by atoms with E-state index in [-0.39, 0.29) is 16.3 Å². The second-order valence-corrected chi connectivity index (χ2v) is 5.63. The Morgan fingerprint density at radius 2 is 2.05 bits per heavy atom. The van der Waals surface area contributed by atoms with Crippen molar-refractivity contribution in [1.29, 1.82) is 0 Å². The van der Waals surface area contributed by atoms with Crippen molar-refractivity contribution >= 4 is 27.4 Å². The van der Waals surface area contributed by atoms with Crippen LogP contribution < -0.4 is 11.1 Å². The lowest BCUT2D eigenvalue weighted by Crippen LogP contribution is -2.14. The largest absolute Gasteiger partial charge is 0.398 e. The van der Waals surface area contributed by atoms with Gasteiger partial charge in [0.25, 0.3) is 10.1 Å². The summed E-state index contributed by atoms with van der Waals surface area (Å²) < 4.78 is 32.4. The maximum absolute atomic E-state index is 11.5. The molecule has 0 aliphatic rings. The zero-order valence-corrected chi connectivity index (χ0v) is 11.8. The summed E-state index contributed by atoms with van der Waals surface area (Å²) >= 11 is 0. The number of nitrogens with two attached hydrogens (primary N) is 1. The molecule has 0 heterocycles. The van der Waals surface area contributed by atoms with E-state index in [1.165, 1.54) is 19.1 Å². The molecule has 1 aromatic carbocycles. The van der Waals surface area contributed by atoms with E-state index in [0.29, 0.717) is 12.0 Å². The van der Waals surface area contributed by atoms with Crippen LogP contribution in [0.15, 0.2) is 17.0 Å². The topological polar surface area (TPSA) is 109 Å². The summed E-state index contributed by atoms with van der Waals surface area (Å²) in [6.07, 6.45) is 2.01. The molecular formula is C12H18N2O4S. The highest BCUT2D eigenvalue weighted by Crippen LogP contribution is 2.31. The van der Waals surface area contributed by atoms with Gasteiger partial charge in [0, 0.05) is 12.6 Å². The molecule has 0 aromatic heterocycles. The fraction of sp³-hybridized carbons (Fsp3) is 0.417. The third-order valence-corrected chi connectivity index (χ3v) is 3.63. The minimum absolute atomic E-state index is 0.0512. The molecule has 0 bridgehead atoms. The quantitative estimate of drug-likeness (QED) is 0.565. The van der Waals surface area contributed by atoms with Crippen LogP contribution in [0, 0.1) is 0 Å². The van der Waals surface area contributed by atoms with E-state index in [1.54, 1.807) is 0 Å². The normalized spacial score (nSPS) is 11.3. The average Bonchev–Trinajstić information content (AvgIpc) is 2.27. The van der Waals surface area contributed by atoms with Crippen LogP contribution in [-0.4, -0.2) is 18.9 Å².